The third kappa shape index (κ3) is 1.53. The molecule has 2 N–H and O–H groups in total. The second kappa shape index (κ2) is 3.12. The SMILES string of the molecule is O=Nc1ccc(CO)cc1O. The molecule has 0 heterocycles. The summed E-state index contributed by atoms with van der Waals surface area (Å²) in [5.74, 6) is -0.202. The van der Waals surface area contributed by atoms with Crippen LogP contribution < -0.4 is 0 Å². The molecule has 0 radical (unpaired) electrons. The van der Waals surface area contributed by atoms with Crippen molar-refractivity contribution in [3.63, 3.8) is 0 Å². The van der Waals surface area contributed by atoms with Gasteiger partial charge >= 0.3 is 0 Å². The minimum atomic E-state index is -0.202. The topological polar surface area (TPSA) is 69.9 Å². The fourth-order valence-corrected chi connectivity index (χ4v) is 0.745. The monoisotopic (exact) mass is 153 g/mol. The van der Waals surface area contributed by atoms with Gasteiger partial charge in [-0.2, -0.15) is 0 Å². The van der Waals surface area contributed by atoms with E-state index in [1.165, 1.54) is 18.2 Å². The van der Waals surface area contributed by atoms with Crippen LogP contribution in [0.1, 0.15) is 5.56 Å². The molecule has 0 aliphatic rings. The van der Waals surface area contributed by atoms with E-state index in [1.54, 1.807) is 0 Å². The summed E-state index contributed by atoms with van der Waals surface area (Å²) in [4.78, 5) is 9.95. The van der Waals surface area contributed by atoms with Gasteiger partial charge in [0.1, 0.15) is 11.4 Å². The molecule has 0 saturated carbocycles. The van der Waals surface area contributed by atoms with E-state index < -0.39 is 0 Å². The van der Waals surface area contributed by atoms with E-state index in [0.717, 1.165) is 0 Å². The lowest BCUT2D eigenvalue weighted by atomic mass is 10.2. The van der Waals surface area contributed by atoms with Crippen LogP contribution >= 0.6 is 0 Å². The number of phenols is 1. The number of benzene rings is 1. The summed E-state index contributed by atoms with van der Waals surface area (Å²) in [6.45, 7) is -0.160. The molecule has 0 fully saturated rings. The quantitative estimate of drug-likeness (QED) is 0.629. The summed E-state index contributed by atoms with van der Waals surface area (Å²) in [7, 11) is 0. The molecular weight excluding hydrogens is 146 g/mol. The largest absolute Gasteiger partial charge is 0.506 e. The first kappa shape index (κ1) is 7.68. The van der Waals surface area contributed by atoms with Crippen LogP contribution in [-0.4, -0.2) is 10.2 Å². The van der Waals surface area contributed by atoms with Crippen molar-refractivity contribution in [1.82, 2.24) is 0 Å². The van der Waals surface area contributed by atoms with Crippen LogP contribution in [0.4, 0.5) is 5.69 Å². The second-order valence-electron chi connectivity index (χ2n) is 2.07. The van der Waals surface area contributed by atoms with Crippen molar-refractivity contribution in [3.05, 3.63) is 28.7 Å². The fraction of sp³-hybridized carbons (Fsp3) is 0.143. The van der Waals surface area contributed by atoms with Gasteiger partial charge < -0.3 is 10.2 Å². The predicted octanol–water partition coefficient (Wildman–Crippen LogP) is 1.28. The Kier molecular flexibility index (Phi) is 2.18. The minimum Gasteiger partial charge on any atom is -0.506 e. The van der Waals surface area contributed by atoms with Gasteiger partial charge in [0.2, 0.25) is 0 Å². The van der Waals surface area contributed by atoms with E-state index in [2.05, 4.69) is 5.18 Å². The molecule has 11 heavy (non-hydrogen) atoms. The van der Waals surface area contributed by atoms with Crippen LogP contribution in [-0.2, 0) is 6.61 Å². The first-order valence-electron chi connectivity index (χ1n) is 3.04. The zero-order valence-electron chi connectivity index (χ0n) is 5.69. The molecule has 0 saturated heterocycles. The van der Waals surface area contributed by atoms with Crippen LogP contribution in [0.15, 0.2) is 23.4 Å². The van der Waals surface area contributed by atoms with Crippen LogP contribution in [0.5, 0.6) is 5.75 Å². The van der Waals surface area contributed by atoms with Gasteiger partial charge in [-0.25, -0.2) is 0 Å². The molecule has 0 aromatic heterocycles. The maximum Gasteiger partial charge on any atom is 0.149 e. The highest BCUT2D eigenvalue weighted by Gasteiger charge is 2.00. The summed E-state index contributed by atoms with van der Waals surface area (Å²) < 4.78 is 0. The van der Waals surface area contributed by atoms with Crippen LogP contribution in [0.25, 0.3) is 0 Å². The van der Waals surface area contributed by atoms with E-state index in [1.807, 2.05) is 0 Å². The maximum absolute atomic E-state index is 9.95. The van der Waals surface area contributed by atoms with Gasteiger partial charge in [-0.05, 0) is 22.9 Å². The zero-order valence-corrected chi connectivity index (χ0v) is 5.69. The van der Waals surface area contributed by atoms with Gasteiger partial charge in [0.25, 0.3) is 0 Å². The van der Waals surface area contributed by atoms with Gasteiger partial charge in [-0.3, -0.25) is 0 Å². The van der Waals surface area contributed by atoms with Crippen molar-refractivity contribution >= 4 is 5.69 Å². The Bertz CT molecular complexity index is 272. The second-order valence-corrected chi connectivity index (χ2v) is 2.07. The number of hydrogen-bond donors (Lipinski definition) is 2. The lowest BCUT2D eigenvalue weighted by Crippen LogP contribution is -1.80. The van der Waals surface area contributed by atoms with Crippen molar-refractivity contribution in [2.45, 2.75) is 6.61 Å². The maximum atomic E-state index is 9.95. The highest BCUT2D eigenvalue weighted by Crippen LogP contribution is 2.26. The molecule has 0 bridgehead atoms. The average molecular weight is 153 g/mol. The number of aliphatic hydroxyl groups excluding tert-OH is 1. The highest BCUT2D eigenvalue weighted by atomic mass is 16.3. The first-order valence-corrected chi connectivity index (χ1v) is 3.04. The van der Waals surface area contributed by atoms with Gasteiger partial charge in [0.05, 0.1) is 6.61 Å². The van der Waals surface area contributed by atoms with Crippen molar-refractivity contribution < 1.29 is 10.2 Å². The average Bonchev–Trinajstić information content (AvgIpc) is 2.04. The van der Waals surface area contributed by atoms with Gasteiger partial charge in [-0.15, -0.1) is 4.91 Å². The van der Waals surface area contributed by atoms with Gasteiger partial charge in [0, 0.05) is 0 Å². The summed E-state index contributed by atoms with van der Waals surface area (Å²) in [6.07, 6.45) is 0. The smallest absolute Gasteiger partial charge is 0.149 e. The summed E-state index contributed by atoms with van der Waals surface area (Å²) in [5.41, 5.74) is 0.539. The van der Waals surface area contributed by atoms with Crippen LogP contribution in [0.3, 0.4) is 0 Å². The number of nitrogens with zero attached hydrogens (tertiary/aromatic N) is 1. The first-order chi connectivity index (χ1) is 5.27. The molecule has 0 unspecified atom stereocenters. The molecule has 4 heteroatoms. The van der Waals surface area contributed by atoms with E-state index in [9.17, 15) is 4.91 Å². The lowest BCUT2D eigenvalue weighted by molar-refractivity contribution is 0.281. The predicted molar refractivity (Wildman–Crippen MR) is 39.5 cm³/mol. The highest BCUT2D eigenvalue weighted by molar-refractivity contribution is 5.51. The molecular formula is C7H7NO3. The van der Waals surface area contributed by atoms with E-state index in [0.29, 0.717) is 5.56 Å². The van der Waals surface area contributed by atoms with Crippen LogP contribution in [0.2, 0.25) is 0 Å². The summed E-state index contributed by atoms with van der Waals surface area (Å²) >= 11 is 0. The van der Waals surface area contributed by atoms with Crippen molar-refractivity contribution in [2.75, 3.05) is 0 Å². The summed E-state index contributed by atoms with van der Waals surface area (Å²) in [6, 6.07) is 4.18. The van der Waals surface area contributed by atoms with Crippen molar-refractivity contribution in [1.29, 1.82) is 0 Å². The molecule has 0 aliphatic carbocycles. The molecule has 0 aliphatic heterocycles. The number of rotatable bonds is 2. The Morgan fingerprint density at radius 3 is 2.64 bits per heavy atom. The Balaban J connectivity index is 3.09. The van der Waals surface area contributed by atoms with Crippen LogP contribution in [0, 0.1) is 4.91 Å². The molecule has 0 amide bonds. The fourth-order valence-electron chi connectivity index (χ4n) is 0.745. The van der Waals surface area contributed by atoms with E-state index in [4.69, 9.17) is 10.2 Å². The molecule has 58 valence electrons. The molecule has 4 nitrogen and oxygen atoms in total. The third-order valence-corrected chi connectivity index (χ3v) is 1.32. The summed E-state index contributed by atoms with van der Waals surface area (Å²) in [5, 5.41) is 20.2. The number of aliphatic hydroxyl groups is 1. The standard InChI is InChI=1S/C7H7NO3/c9-4-5-1-2-6(8-11)7(10)3-5/h1-3,9-10H,4H2. The Labute approximate surface area is 63.1 Å². The van der Waals surface area contributed by atoms with E-state index >= 15 is 0 Å². The molecule has 1 aromatic rings. The Morgan fingerprint density at radius 2 is 2.18 bits per heavy atom. The van der Waals surface area contributed by atoms with Gasteiger partial charge in [0.15, 0.2) is 0 Å². The zero-order chi connectivity index (χ0) is 8.27. The number of phenolic OH excluding ortho intramolecular Hbond substituents is 1. The van der Waals surface area contributed by atoms with E-state index in [-0.39, 0.29) is 18.0 Å². The molecule has 0 spiro atoms. The Hall–Kier alpha value is -1.42. The number of aromatic hydroxyl groups is 1. The molecule has 1 rings (SSSR count). The Morgan fingerprint density at radius 1 is 1.45 bits per heavy atom. The molecule has 1 aromatic carbocycles. The number of hydrogen-bond acceptors (Lipinski definition) is 4. The molecule has 0 atom stereocenters. The van der Waals surface area contributed by atoms with Gasteiger partial charge in [-0.1, -0.05) is 6.07 Å². The minimum absolute atomic E-state index is 0.0119. The van der Waals surface area contributed by atoms with Crippen molar-refractivity contribution in [2.24, 2.45) is 5.18 Å². The normalized spacial score (nSPS) is 9.55. The van der Waals surface area contributed by atoms with Crippen molar-refractivity contribution in [3.8, 4) is 5.75 Å². The lowest BCUT2D eigenvalue weighted by Gasteiger charge is -1.97. The number of nitroso groups, excluding NO2 is 1. The third-order valence-electron chi connectivity index (χ3n) is 1.32.